The van der Waals surface area contributed by atoms with Crippen molar-refractivity contribution in [2.75, 3.05) is 20.8 Å². The fraction of sp³-hybridized carbons (Fsp3) is 0.448. The zero-order valence-electron chi connectivity index (χ0n) is 23.4. The number of nitrogens with one attached hydrogen (secondary N) is 1. The SMILES string of the molecule is COc1cccc(C2SC(CC(=O)C3CC(CCC(=O)O)CCN3)c3nnc(C(F)(F)F)n3-c3ccc(Cl)cc32)c1OC. The van der Waals surface area contributed by atoms with Crippen LogP contribution >= 0.6 is 23.4 Å². The number of thioether (sulfide) groups is 1. The maximum absolute atomic E-state index is 14.3. The number of Topliss-reactive ketones (excluding diaryl/α,β-unsaturated/α-hetero) is 1. The second kappa shape index (κ2) is 12.7. The van der Waals surface area contributed by atoms with Crippen molar-refractivity contribution in [3.8, 4) is 17.2 Å². The first kappa shape index (κ1) is 31.1. The third-order valence-electron chi connectivity index (χ3n) is 7.81. The number of fused-ring (bicyclic) bond motifs is 3. The van der Waals surface area contributed by atoms with E-state index in [1.54, 1.807) is 24.3 Å². The Balaban J connectivity index is 1.59. The van der Waals surface area contributed by atoms with Crippen molar-refractivity contribution >= 4 is 35.1 Å². The zero-order valence-corrected chi connectivity index (χ0v) is 24.9. The van der Waals surface area contributed by atoms with Crippen LogP contribution in [0, 0.1) is 5.92 Å². The highest BCUT2D eigenvalue weighted by Gasteiger charge is 2.44. The number of hydrogen-bond donors (Lipinski definition) is 2. The molecule has 5 rings (SSSR count). The minimum absolute atomic E-state index is 0.00292. The number of aromatic nitrogens is 3. The Morgan fingerprint density at radius 2 is 1.95 bits per heavy atom. The number of halogens is 4. The van der Waals surface area contributed by atoms with Crippen LogP contribution in [0.2, 0.25) is 5.02 Å². The van der Waals surface area contributed by atoms with Gasteiger partial charge in [-0.05, 0) is 61.6 Å². The Morgan fingerprint density at radius 3 is 2.65 bits per heavy atom. The van der Waals surface area contributed by atoms with E-state index in [4.69, 9.17) is 26.2 Å². The molecule has 0 saturated carbocycles. The van der Waals surface area contributed by atoms with Gasteiger partial charge in [0.1, 0.15) is 0 Å². The summed E-state index contributed by atoms with van der Waals surface area (Å²) in [6.45, 7) is 0.542. The predicted molar refractivity (Wildman–Crippen MR) is 154 cm³/mol. The number of ether oxygens (including phenoxy) is 2. The van der Waals surface area contributed by atoms with Crippen LogP contribution in [0.25, 0.3) is 5.69 Å². The number of nitrogens with zero attached hydrogens (tertiary/aromatic N) is 3. The summed E-state index contributed by atoms with van der Waals surface area (Å²) in [5.74, 6) is -1.40. The number of ketones is 1. The van der Waals surface area contributed by atoms with Gasteiger partial charge in [-0.1, -0.05) is 23.7 Å². The molecule has 0 aliphatic carbocycles. The van der Waals surface area contributed by atoms with Gasteiger partial charge < -0.3 is 19.9 Å². The topological polar surface area (TPSA) is 116 Å². The molecule has 0 amide bonds. The minimum atomic E-state index is -4.82. The normalized spacial score (nSPS) is 21.8. The van der Waals surface area contributed by atoms with E-state index in [1.807, 2.05) is 0 Å². The zero-order chi connectivity index (χ0) is 30.9. The molecule has 0 bridgehead atoms. The van der Waals surface area contributed by atoms with Crippen molar-refractivity contribution in [3.05, 3.63) is 64.2 Å². The highest BCUT2D eigenvalue weighted by Crippen LogP contribution is 2.54. The lowest BCUT2D eigenvalue weighted by molar-refractivity contribution is -0.146. The molecule has 1 saturated heterocycles. The molecule has 2 aliphatic rings. The van der Waals surface area contributed by atoms with Crippen LogP contribution in [0.15, 0.2) is 36.4 Å². The predicted octanol–water partition coefficient (Wildman–Crippen LogP) is 6.03. The van der Waals surface area contributed by atoms with Crippen molar-refractivity contribution < 1.29 is 37.3 Å². The lowest BCUT2D eigenvalue weighted by atomic mass is 9.86. The van der Waals surface area contributed by atoms with E-state index < -0.39 is 34.5 Å². The molecule has 2 aromatic carbocycles. The molecule has 4 atom stereocenters. The number of carbonyl (C=O) groups excluding carboxylic acids is 1. The van der Waals surface area contributed by atoms with Crippen molar-refractivity contribution in [3.63, 3.8) is 0 Å². The van der Waals surface area contributed by atoms with Gasteiger partial charge in [-0.25, -0.2) is 0 Å². The minimum Gasteiger partial charge on any atom is -0.493 e. The third-order valence-corrected chi connectivity index (χ3v) is 9.53. The Morgan fingerprint density at radius 1 is 1.16 bits per heavy atom. The number of carboxylic acid groups (broad SMARTS) is 1. The van der Waals surface area contributed by atoms with Gasteiger partial charge in [-0.15, -0.1) is 22.0 Å². The fourth-order valence-corrected chi connectivity index (χ4v) is 7.53. The van der Waals surface area contributed by atoms with Crippen LogP contribution in [0.4, 0.5) is 13.2 Å². The smallest absolute Gasteiger partial charge is 0.452 e. The average molecular weight is 639 g/mol. The van der Waals surface area contributed by atoms with Gasteiger partial charge in [0.25, 0.3) is 0 Å². The molecule has 43 heavy (non-hydrogen) atoms. The van der Waals surface area contributed by atoms with Crippen molar-refractivity contribution in [2.24, 2.45) is 5.92 Å². The summed E-state index contributed by atoms with van der Waals surface area (Å²) in [5, 5.41) is 18.7. The van der Waals surface area contributed by atoms with E-state index in [0.717, 1.165) is 11.0 Å². The van der Waals surface area contributed by atoms with Gasteiger partial charge in [0, 0.05) is 23.4 Å². The number of methoxy groups -OCH3 is 2. The number of para-hydroxylation sites is 1. The van der Waals surface area contributed by atoms with E-state index in [-0.39, 0.29) is 36.1 Å². The van der Waals surface area contributed by atoms with Gasteiger partial charge in [0.15, 0.2) is 23.1 Å². The number of alkyl halides is 3. The standard InChI is InChI=1S/C29H30ClF3N4O5S/c1-41-22-5-3-4-17(25(22)42-2)26-18-13-16(30)7-8-20(18)37-27(35-36-28(37)29(31,32)33)23(43-26)14-21(38)19-12-15(10-11-34-19)6-9-24(39)40/h3-5,7-8,13,15,19,23,26,34H,6,9-12,14H2,1-2H3,(H,39,40). The van der Waals surface area contributed by atoms with Crippen LogP contribution in [-0.4, -0.2) is 58.4 Å². The maximum atomic E-state index is 14.3. The summed E-state index contributed by atoms with van der Waals surface area (Å²) in [6, 6.07) is 9.33. The molecule has 9 nitrogen and oxygen atoms in total. The molecule has 0 radical (unpaired) electrons. The second-order valence-corrected chi connectivity index (χ2v) is 12.3. The Kier molecular flexibility index (Phi) is 9.23. The molecule has 2 aliphatic heterocycles. The molecule has 3 heterocycles. The lowest BCUT2D eigenvalue weighted by Gasteiger charge is -2.30. The summed E-state index contributed by atoms with van der Waals surface area (Å²) in [5.41, 5.74) is 1.29. The first-order chi connectivity index (χ1) is 20.5. The largest absolute Gasteiger partial charge is 0.493 e. The first-order valence-electron chi connectivity index (χ1n) is 13.7. The Hall–Kier alpha value is -3.29. The van der Waals surface area contributed by atoms with E-state index in [1.165, 1.54) is 38.1 Å². The highest BCUT2D eigenvalue weighted by molar-refractivity contribution is 8.00. The van der Waals surface area contributed by atoms with Crippen LogP contribution < -0.4 is 14.8 Å². The summed E-state index contributed by atoms with van der Waals surface area (Å²) >= 11 is 7.67. The molecular formula is C29H30ClF3N4O5S. The number of piperidine rings is 1. The number of carbonyl (C=O) groups is 2. The lowest BCUT2D eigenvalue weighted by Crippen LogP contribution is -2.44. The number of benzene rings is 2. The molecule has 2 N–H and O–H groups in total. The van der Waals surface area contributed by atoms with Crippen LogP contribution in [0.5, 0.6) is 11.5 Å². The van der Waals surface area contributed by atoms with Crippen LogP contribution in [-0.2, 0) is 15.8 Å². The second-order valence-electron chi connectivity index (χ2n) is 10.5. The molecule has 1 fully saturated rings. The summed E-state index contributed by atoms with van der Waals surface area (Å²) in [7, 11) is 2.97. The molecule has 3 aromatic rings. The first-order valence-corrected chi connectivity index (χ1v) is 15.0. The summed E-state index contributed by atoms with van der Waals surface area (Å²) in [4.78, 5) is 24.8. The van der Waals surface area contributed by atoms with E-state index in [9.17, 15) is 22.8 Å². The summed E-state index contributed by atoms with van der Waals surface area (Å²) in [6.07, 6.45) is -3.29. The van der Waals surface area contributed by atoms with E-state index in [0.29, 0.717) is 47.0 Å². The number of hydrogen-bond acceptors (Lipinski definition) is 8. The van der Waals surface area contributed by atoms with Crippen LogP contribution in [0.3, 0.4) is 0 Å². The monoisotopic (exact) mass is 638 g/mol. The van der Waals surface area contributed by atoms with Crippen molar-refractivity contribution in [1.29, 1.82) is 0 Å². The highest BCUT2D eigenvalue weighted by atomic mass is 35.5. The Bertz CT molecular complexity index is 1520. The van der Waals surface area contributed by atoms with Gasteiger partial charge in [0.05, 0.1) is 36.4 Å². The van der Waals surface area contributed by atoms with Crippen molar-refractivity contribution in [1.82, 2.24) is 20.1 Å². The molecule has 1 aromatic heterocycles. The van der Waals surface area contributed by atoms with Gasteiger partial charge in [0.2, 0.25) is 5.82 Å². The number of aliphatic carboxylic acids is 1. The van der Waals surface area contributed by atoms with Crippen LogP contribution in [0.1, 0.15) is 65.4 Å². The van der Waals surface area contributed by atoms with Crippen molar-refractivity contribution in [2.45, 2.75) is 54.8 Å². The molecule has 4 unspecified atom stereocenters. The number of rotatable bonds is 9. The summed E-state index contributed by atoms with van der Waals surface area (Å²) < 4.78 is 55.1. The Labute approximate surface area is 255 Å². The third kappa shape index (κ3) is 6.48. The van der Waals surface area contributed by atoms with Gasteiger partial charge >= 0.3 is 12.1 Å². The molecule has 14 heteroatoms. The fourth-order valence-electron chi connectivity index (χ4n) is 5.82. The quantitative estimate of drug-likeness (QED) is 0.290. The van der Waals surface area contributed by atoms with Gasteiger partial charge in [-0.2, -0.15) is 13.2 Å². The van der Waals surface area contributed by atoms with E-state index >= 15 is 0 Å². The molecule has 230 valence electrons. The molecular weight excluding hydrogens is 609 g/mol. The number of carboxylic acids is 1. The van der Waals surface area contributed by atoms with E-state index in [2.05, 4.69) is 15.5 Å². The average Bonchev–Trinajstić information content (AvgIpc) is 3.39. The molecule has 0 spiro atoms. The maximum Gasteiger partial charge on any atom is 0.452 e. The van der Waals surface area contributed by atoms with Gasteiger partial charge in [-0.3, -0.25) is 14.2 Å².